The smallest absolute Gasteiger partial charge is 0.108 e. The van der Waals surface area contributed by atoms with Crippen molar-refractivity contribution in [1.82, 2.24) is 0 Å². The number of rotatable bonds is 1. The van der Waals surface area contributed by atoms with E-state index in [4.69, 9.17) is 0 Å². The fourth-order valence-electron chi connectivity index (χ4n) is 1.60. The molecule has 1 aromatic rings. The van der Waals surface area contributed by atoms with Crippen molar-refractivity contribution in [3.8, 4) is 0 Å². The van der Waals surface area contributed by atoms with Crippen LogP contribution in [0.2, 0.25) is 0 Å². The summed E-state index contributed by atoms with van der Waals surface area (Å²) in [4.78, 5) is 0. The van der Waals surface area contributed by atoms with Gasteiger partial charge in [0.2, 0.25) is 0 Å². The van der Waals surface area contributed by atoms with E-state index in [1.54, 1.807) is 6.92 Å². The Bertz CT molecular complexity index is 313. The number of fused-ring (bicyclic) bond motifs is 1. The van der Waals surface area contributed by atoms with Crippen molar-refractivity contribution in [2.24, 2.45) is 0 Å². The van der Waals surface area contributed by atoms with Gasteiger partial charge in [0.1, 0.15) is 6.17 Å². The van der Waals surface area contributed by atoms with Crippen LogP contribution in [-0.4, -0.2) is 6.17 Å². The van der Waals surface area contributed by atoms with Gasteiger partial charge in [-0.25, -0.2) is 4.39 Å². The highest BCUT2D eigenvalue weighted by molar-refractivity contribution is 5.62. The maximum atomic E-state index is 13.0. The van der Waals surface area contributed by atoms with Crippen molar-refractivity contribution in [1.29, 1.82) is 0 Å². The maximum absolute atomic E-state index is 13.0. The van der Waals surface area contributed by atoms with Crippen LogP contribution in [0.25, 0.3) is 6.08 Å². The molecule has 1 aliphatic rings. The van der Waals surface area contributed by atoms with Crippen molar-refractivity contribution in [2.45, 2.75) is 19.0 Å². The Hall–Kier alpha value is -1.11. The molecule has 2 rings (SSSR count). The molecular formula is C11H10F. The number of allylic oxidation sites excluding steroid dienone is 1. The third-order valence-corrected chi connectivity index (χ3v) is 2.25. The van der Waals surface area contributed by atoms with Gasteiger partial charge >= 0.3 is 0 Å². The second-order valence-corrected chi connectivity index (χ2v) is 3.10. The predicted molar refractivity (Wildman–Crippen MR) is 47.6 cm³/mol. The highest BCUT2D eigenvalue weighted by Gasteiger charge is 2.21. The van der Waals surface area contributed by atoms with Gasteiger partial charge < -0.3 is 0 Å². The van der Waals surface area contributed by atoms with Gasteiger partial charge in [-0.15, -0.1) is 0 Å². The molecule has 0 aromatic heterocycles. The van der Waals surface area contributed by atoms with Crippen molar-refractivity contribution in [2.75, 3.05) is 0 Å². The lowest BCUT2D eigenvalue weighted by molar-refractivity contribution is 0.336. The molecule has 0 N–H and O–H groups in total. The van der Waals surface area contributed by atoms with E-state index in [1.807, 2.05) is 30.4 Å². The lowest BCUT2D eigenvalue weighted by Gasteiger charge is -2.10. The van der Waals surface area contributed by atoms with Crippen molar-refractivity contribution in [3.63, 3.8) is 0 Å². The van der Waals surface area contributed by atoms with Crippen LogP contribution in [0, 0.1) is 6.07 Å². The molecule has 0 nitrogen and oxygen atoms in total. The average Bonchev–Trinajstić information content (AvgIpc) is 2.47. The average molecular weight is 161 g/mol. The van der Waals surface area contributed by atoms with Crippen LogP contribution in [0.15, 0.2) is 24.3 Å². The van der Waals surface area contributed by atoms with Gasteiger partial charge in [0, 0.05) is 5.92 Å². The maximum Gasteiger partial charge on any atom is 0.108 e. The Morgan fingerprint density at radius 3 is 3.17 bits per heavy atom. The van der Waals surface area contributed by atoms with Gasteiger partial charge in [0.05, 0.1) is 0 Å². The Morgan fingerprint density at radius 2 is 2.42 bits per heavy atom. The first-order chi connectivity index (χ1) is 5.79. The van der Waals surface area contributed by atoms with Crippen LogP contribution in [0.5, 0.6) is 0 Å². The number of halogens is 1. The summed E-state index contributed by atoms with van der Waals surface area (Å²) in [5, 5.41) is 0. The molecule has 2 atom stereocenters. The van der Waals surface area contributed by atoms with E-state index in [2.05, 4.69) is 6.07 Å². The fourth-order valence-corrected chi connectivity index (χ4v) is 1.60. The summed E-state index contributed by atoms with van der Waals surface area (Å²) in [6.07, 6.45) is 3.04. The van der Waals surface area contributed by atoms with Crippen LogP contribution in [0.3, 0.4) is 0 Å². The first-order valence-electron chi connectivity index (χ1n) is 4.12. The molecule has 0 amide bonds. The topological polar surface area (TPSA) is 0 Å². The summed E-state index contributed by atoms with van der Waals surface area (Å²) < 4.78 is 13.0. The Morgan fingerprint density at radius 1 is 1.58 bits per heavy atom. The molecule has 0 saturated carbocycles. The quantitative estimate of drug-likeness (QED) is 0.594. The van der Waals surface area contributed by atoms with Gasteiger partial charge in [-0.1, -0.05) is 30.4 Å². The first kappa shape index (κ1) is 7.53. The van der Waals surface area contributed by atoms with E-state index in [0.29, 0.717) is 0 Å². The molecule has 1 radical (unpaired) electrons. The van der Waals surface area contributed by atoms with Crippen LogP contribution < -0.4 is 0 Å². The Kier molecular flexibility index (Phi) is 1.72. The molecule has 0 heterocycles. The molecule has 0 bridgehead atoms. The summed E-state index contributed by atoms with van der Waals surface area (Å²) in [6, 6.07) is 8.80. The second-order valence-electron chi connectivity index (χ2n) is 3.10. The van der Waals surface area contributed by atoms with Crippen LogP contribution >= 0.6 is 0 Å². The van der Waals surface area contributed by atoms with Crippen molar-refractivity contribution >= 4 is 6.08 Å². The Balaban J connectivity index is 2.42. The van der Waals surface area contributed by atoms with E-state index in [9.17, 15) is 4.39 Å². The summed E-state index contributed by atoms with van der Waals surface area (Å²) in [7, 11) is 0. The third-order valence-electron chi connectivity index (χ3n) is 2.25. The molecule has 61 valence electrons. The molecule has 0 spiro atoms. The van der Waals surface area contributed by atoms with Gasteiger partial charge in [-0.2, -0.15) is 0 Å². The molecule has 0 saturated heterocycles. The minimum absolute atomic E-state index is 0.0579. The fraction of sp³-hybridized carbons (Fsp3) is 0.273. The normalized spacial score (nSPS) is 22.3. The summed E-state index contributed by atoms with van der Waals surface area (Å²) >= 11 is 0. The van der Waals surface area contributed by atoms with Gasteiger partial charge in [0.15, 0.2) is 0 Å². The zero-order chi connectivity index (χ0) is 8.55. The van der Waals surface area contributed by atoms with E-state index < -0.39 is 6.17 Å². The molecule has 0 aliphatic heterocycles. The standard InChI is InChI=1S/C11H10F/c1-8(12)10-7-6-9-4-2-3-5-11(9)10/h2-3,5-8,10H,1H3. The third kappa shape index (κ3) is 1.06. The molecular weight excluding hydrogens is 151 g/mol. The molecule has 1 aromatic carbocycles. The molecule has 2 unspecified atom stereocenters. The zero-order valence-electron chi connectivity index (χ0n) is 6.92. The number of alkyl halides is 1. The molecule has 12 heavy (non-hydrogen) atoms. The van der Waals surface area contributed by atoms with E-state index >= 15 is 0 Å². The zero-order valence-corrected chi connectivity index (χ0v) is 6.92. The lowest BCUT2D eigenvalue weighted by atomic mass is 9.97. The van der Waals surface area contributed by atoms with Crippen molar-refractivity contribution in [3.05, 3.63) is 41.5 Å². The Labute approximate surface area is 71.7 Å². The highest BCUT2D eigenvalue weighted by atomic mass is 19.1. The number of hydrogen-bond donors (Lipinski definition) is 0. The van der Waals surface area contributed by atoms with E-state index in [-0.39, 0.29) is 5.92 Å². The SMILES string of the molecule is CC(F)C1C=Cc2[c]cccc21. The lowest BCUT2D eigenvalue weighted by Crippen LogP contribution is -2.05. The van der Waals surface area contributed by atoms with Crippen LogP contribution in [-0.2, 0) is 0 Å². The molecule has 0 fully saturated rings. The van der Waals surface area contributed by atoms with Gasteiger partial charge in [0.25, 0.3) is 0 Å². The largest absolute Gasteiger partial charge is 0.247 e. The van der Waals surface area contributed by atoms with Gasteiger partial charge in [-0.05, 0) is 24.1 Å². The summed E-state index contributed by atoms with van der Waals surface area (Å²) in [5.41, 5.74) is 2.10. The number of hydrogen-bond acceptors (Lipinski definition) is 0. The monoisotopic (exact) mass is 161 g/mol. The van der Waals surface area contributed by atoms with E-state index in [1.165, 1.54) is 0 Å². The summed E-state index contributed by atoms with van der Waals surface area (Å²) in [6.45, 7) is 1.59. The highest BCUT2D eigenvalue weighted by Crippen LogP contribution is 2.32. The number of benzene rings is 1. The van der Waals surface area contributed by atoms with Crippen LogP contribution in [0.1, 0.15) is 24.0 Å². The minimum Gasteiger partial charge on any atom is -0.247 e. The molecule has 1 aliphatic carbocycles. The second kappa shape index (κ2) is 2.74. The summed E-state index contributed by atoms with van der Waals surface area (Å²) in [5.74, 6) is -0.0579. The minimum atomic E-state index is -0.807. The van der Waals surface area contributed by atoms with Gasteiger partial charge in [-0.3, -0.25) is 0 Å². The van der Waals surface area contributed by atoms with E-state index in [0.717, 1.165) is 11.1 Å². The molecule has 1 heteroatoms. The van der Waals surface area contributed by atoms with Crippen molar-refractivity contribution < 1.29 is 4.39 Å². The predicted octanol–water partition coefficient (Wildman–Crippen LogP) is 2.96. The van der Waals surface area contributed by atoms with Crippen LogP contribution in [0.4, 0.5) is 4.39 Å². The first-order valence-corrected chi connectivity index (χ1v) is 4.12.